The van der Waals surface area contributed by atoms with Gasteiger partial charge in [0.05, 0.1) is 11.9 Å². The minimum Gasteiger partial charge on any atom is -0.361 e. The van der Waals surface area contributed by atoms with E-state index in [9.17, 15) is 18.0 Å². The zero-order valence-electron chi connectivity index (χ0n) is 23.2. The molecule has 0 atom stereocenters. The molecule has 0 saturated heterocycles. The van der Waals surface area contributed by atoms with Gasteiger partial charge in [-0.2, -0.15) is 13.2 Å². The van der Waals surface area contributed by atoms with Crippen LogP contribution in [-0.4, -0.2) is 35.0 Å². The quantitative estimate of drug-likeness (QED) is 0.186. The first kappa shape index (κ1) is 29.2. The molecule has 2 aromatic heterocycles. The molecule has 5 nitrogen and oxygen atoms in total. The normalized spacial score (nSPS) is 18.3. The Kier molecular flexibility index (Phi) is 9.11. The van der Waals surface area contributed by atoms with Crippen LogP contribution in [0.5, 0.6) is 0 Å². The molecule has 0 N–H and O–H groups in total. The van der Waals surface area contributed by atoms with Gasteiger partial charge in [0.1, 0.15) is 24.0 Å². The standard InChI is InChI=1S/C30H38F3N3O2Si/c1-21(37)17-22-5-7-23(8-6-22)24-9-11-25(12-10-24)27-14-13-26(18-34-27)29-35-19-28(30(31,32)33)36(29)20-38-15-16-39(2,3)4/h9-14,18-19,22-23H,5-8,15-17,20H2,1-4H3/t22-,23-. The number of Topliss-reactive ketones (excluding diaryl/α,β-unsaturated/α-hetero) is 1. The number of nitrogens with zero attached hydrogens (tertiary/aromatic N) is 3. The molecule has 2 heterocycles. The molecule has 1 aliphatic carbocycles. The van der Waals surface area contributed by atoms with E-state index in [0.717, 1.165) is 53.7 Å². The predicted octanol–water partition coefficient (Wildman–Crippen LogP) is 8.20. The molecule has 0 amide bonds. The van der Waals surface area contributed by atoms with E-state index < -0.39 is 19.9 Å². The molecule has 0 radical (unpaired) electrons. The van der Waals surface area contributed by atoms with E-state index in [2.05, 4.69) is 41.7 Å². The fourth-order valence-corrected chi connectivity index (χ4v) is 5.98. The van der Waals surface area contributed by atoms with Crippen molar-refractivity contribution in [2.24, 2.45) is 5.92 Å². The molecule has 3 aromatic rings. The smallest absolute Gasteiger partial charge is 0.361 e. The number of carbonyl (C=O) groups is 1. The molecule has 4 rings (SSSR count). The Morgan fingerprint density at radius 2 is 1.64 bits per heavy atom. The summed E-state index contributed by atoms with van der Waals surface area (Å²) in [7, 11) is -1.36. The highest BCUT2D eigenvalue weighted by atomic mass is 28.3. The topological polar surface area (TPSA) is 57.0 Å². The van der Waals surface area contributed by atoms with Crippen LogP contribution in [-0.2, 0) is 22.4 Å². The van der Waals surface area contributed by atoms with E-state index >= 15 is 0 Å². The highest BCUT2D eigenvalue weighted by Crippen LogP contribution is 2.38. The second-order valence-corrected chi connectivity index (χ2v) is 17.5. The highest BCUT2D eigenvalue weighted by molar-refractivity contribution is 6.76. The number of alkyl halides is 3. The largest absolute Gasteiger partial charge is 0.433 e. The van der Waals surface area contributed by atoms with Crippen molar-refractivity contribution in [3.8, 4) is 22.6 Å². The Balaban J connectivity index is 1.45. The molecule has 0 unspecified atom stereocenters. The third-order valence-corrected chi connectivity index (χ3v) is 9.19. The van der Waals surface area contributed by atoms with Crippen molar-refractivity contribution in [2.75, 3.05) is 6.61 Å². The van der Waals surface area contributed by atoms with E-state index in [0.29, 0.717) is 30.4 Å². The Labute approximate surface area is 229 Å². The first-order chi connectivity index (χ1) is 18.4. The Morgan fingerprint density at radius 3 is 2.21 bits per heavy atom. The molecule has 210 valence electrons. The number of ether oxygens (including phenoxy) is 1. The fraction of sp³-hybridized carbons (Fsp3) is 0.500. The van der Waals surface area contributed by atoms with Crippen LogP contribution in [0.1, 0.15) is 56.2 Å². The van der Waals surface area contributed by atoms with Crippen molar-refractivity contribution in [1.29, 1.82) is 0 Å². The number of halogens is 3. The summed E-state index contributed by atoms with van der Waals surface area (Å²) in [5.74, 6) is 1.48. The molecule has 1 saturated carbocycles. The number of rotatable bonds is 10. The fourth-order valence-electron chi connectivity index (χ4n) is 5.23. The summed E-state index contributed by atoms with van der Waals surface area (Å²) in [6.45, 7) is 8.47. The van der Waals surface area contributed by atoms with Gasteiger partial charge in [-0.05, 0) is 68.2 Å². The van der Waals surface area contributed by atoms with E-state index in [1.54, 1.807) is 19.2 Å². The van der Waals surface area contributed by atoms with Crippen LogP contribution in [0.25, 0.3) is 22.6 Å². The summed E-state index contributed by atoms with van der Waals surface area (Å²) in [5.41, 5.74) is 2.66. The van der Waals surface area contributed by atoms with Crippen LogP contribution in [0, 0.1) is 5.92 Å². The molecular formula is C30H38F3N3O2Si. The van der Waals surface area contributed by atoms with Crippen molar-refractivity contribution in [3.05, 3.63) is 60.0 Å². The average molecular weight is 558 g/mol. The average Bonchev–Trinajstić information content (AvgIpc) is 3.31. The van der Waals surface area contributed by atoms with Crippen LogP contribution >= 0.6 is 0 Å². The molecule has 1 aliphatic rings. The maximum Gasteiger partial charge on any atom is 0.433 e. The van der Waals surface area contributed by atoms with Gasteiger partial charge >= 0.3 is 6.18 Å². The van der Waals surface area contributed by atoms with Gasteiger partial charge in [0, 0.05) is 38.4 Å². The van der Waals surface area contributed by atoms with Crippen LogP contribution in [0.4, 0.5) is 13.2 Å². The minimum atomic E-state index is -4.53. The van der Waals surface area contributed by atoms with Crippen molar-refractivity contribution >= 4 is 13.9 Å². The molecule has 1 fully saturated rings. The van der Waals surface area contributed by atoms with E-state index in [1.165, 1.54) is 5.56 Å². The van der Waals surface area contributed by atoms with Crippen LogP contribution < -0.4 is 0 Å². The lowest BCUT2D eigenvalue weighted by Crippen LogP contribution is -2.23. The maximum atomic E-state index is 13.7. The van der Waals surface area contributed by atoms with Gasteiger partial charge in [-0.1, -0.05) is 43.9 Å². The monoisotopic (exact) mass is 557 g/mol. The zero-order chi connectivity index (χ0) is 28.2. The van der Waals surface area contributed by atoms with Crippen molar-refractivity contribution in [3.63, 3.8) is 0 Å². The number of aromatic nitrogens is 3. The van der Waals surface area contributed by atoms with Gasteiger partial charge in [-0.3, -0.25) is 9.55 Å². The molecule has 0 aliphatic heterocycles. The number of benzene rings is 1. The highest BCUT2D eigenvalue weighted by Gasteiger charge is 2.36. The first-order valence-corrected chi connectivity index (χ1v) is 17.4. The number of ketones is 1. The molecule has 0 bridgehead atoms. The number of hydrogen-bond donors (Lipinski definition) is 0. The van der Waals surface area contributed by atoms with E-state index in [1.807, 2.05) is 18.2 Å². The Morgan fingerprint density at radius 1 is 0.974 bits per heavy atom. The lowest BCUT2D eigenvalue weighted by molar-refractivity contribution is -0.145. The first-order valence-electron chi connectivity index (χ1n) is 13.7. The number of imidazole rings is 1. The molecule has 0 spiro atoms. The summed E-state index contributed by atoms with van der Waals surface area (Å²) in [6.07, 6.45) is 2.95. The molecule has 9 heteroatoms. The van der Waals surface area contributed by atoms with Gasteiger partial charge in [0.25, 0.3) is 0 Å². The SMILES string of the molecule is CC(=O)C[C@H]1CC[C@H](c2ccc(-c3ccc(-c4ncc(C(F)(F)F)n4COCC[Si](C)(C)C)cn3)cc2)CC1. The summed E-state index contributed by atoms with van der Waals surface area (Å²) >= 11 is 0. The molecular weight excluding hydrogens is 519 g/mol. The molecule has 1 aromatic carbocycles. The lowest BCUT2D eigenvalue weighted by Gasteiger charge is -2.28. The van der Waals surface area contributed by atoms with Gasteiger partial charge < -0.3 is 9.53 Å². The van der Waals surface area contributed by atoms with Crippen LogP contribution in [0.2, 0.25) is 25.7 Å². The predicted molar refractivity (Wildman–Crippen MR) is 150 cm³/mol. The van der Waals surface area contributed by atoms with Crippen molar-refractivity contribution in [2.45, 2.75) is 83.5 Å². The van der Waals surface area contributed by atoms with Crippen molar-refractivity contribution < 1.29 is 22.7 Å². The second-order valence-electron chi connectivity index (χ2n) is 11.9. The number of pyridine rings is 1. The summed E-state index contributed by atoms with van der Waals surface area (Å²) in [4.78, 5) is 20.0. The number of carbonyl (C=O) groups excluding carboxylic acids is 1. The van der Waals surface area contributed by atoms with Gasteiger partial charge in [0.15, 0.2) is 0 Å². The third-order valence-electron chi connectivity index (χ3n) is 7.49. The maximum absolute atomic E-state index is 13.7. The Bertz CT molecular complexity index is 1240. The molecule has 39 heavy (non-hydrogen) atoms. The minimum absolute atomic E-state index is 0.185. The third kappa shape index (κ3) is 7.88. The summed E-state index contributed by atoms with van der Waals surface area (Å²) in [6, 6.07) is 12.8. The van der Waals surface area contributed by atoms with Crippen LogP contribution in [0.3, 0.4) is 0 Å². The summed E-state index contributed by atoms with van der Waals surface area (Å²) in [5, 5.41) is 0. The lowest BCUT2D eigenvalue weighted by atomic mass is 9.77. The van der Waals surface area contributed by atoms with Gasteiger partial charge in [0.2, 0.25) is 0 Å². The van der Waals surface area contributed by atoms with Gasteiger partial charge in [-0.25, -0.2) is 4.98 Å². The zero-order valence-corrected chi connectivity index (χ0v) is 24.2. The Hall–Kier alpha value is -2.78. The van der Waals surface area contributed by atoms with Gasteiger partial charge in [-0.15, -0.1) is 0 Å². The van der Waals surface area contributed by atoms with Crippen LogP contribution in [0.15, 0.2) is 48.8 Å². The number of hydrogen-bond acceptors (Lipinski definition) is 4. The van der Waals surface area contributed by atoms with Crippen molar-refractivity contribution in [1.82, 2.24) is 14.5 Å². The summed E-state index contributed by atoms with van der Waals surface area (Å²) < 4.78 is 47.7. The second kappa shape index (κ2) is 12.2. The van der Waals surface area contributed by atoms with E-state index in [4.69, 9.17) is 4.74 Å². The van der Waals surface area contributed by atoms with E-state index in [-0.39, 0.29) is 18.3 Å².